The molecule has 0 bridgehead atoms. The van der Waals surface area contributed by atoms with Crippen LogP contribution in [0.4, 0.5) is 0 Å². The topological polar surface area (TPSA) is 39.9 Å². The Balaban J connectivity index is 2.16. The van der Waals surface area contributed by atoms with Gasteiger partial charge in [0.15, 0.2) is 5.16 Å². The monoisotopic (exact) mass is 289 g/mol. The SMILES string of the molecule is C=CCn1c(C)nnc1SCc1cc(C)ccc1OC. The quantitative estimate of drug-likeness (QED) is 0.604. The van der Waals surface area contributed by atoms with Gasteiger partial charge in [-0.15, -0.1) is 16.8 Å². The molecule has 1 aromatic carbocycles. The van der Waals surface area contributed by atoms with Crippen LogP contribution in [-0.2, 0) is 12.3 Å². The van der Waals surface area contributed by atoms with Crippen molar-refractivity contribution < 1.29 is 4.74 Å². The molecular formula is C15H19N3OS. The van der Waals surface area contributed by atoms with Crippen molar-refractivity contribution in [2.24, 2.45) is 0 Å². The van der Waals surface area contributed by atoms with Gasteiger partial charge >= 0.3 is 0 Å². The third-order valence-corrected chi connectivity index (χ3v) is 4.02. The van der Waals surface area contributed by atoms with E-state index in [-0.39, 0.29) is 0 Å². The highest BCUT2D eigenvalue weighted by Gasteiger charge is 2.10. The molecule has 1 aromatic heterocycles. The van der Waals surface area contributed by atoms with E-state index < -0.39 is 0 Å². The van der Waals surface area contributed by atoms with E-state index in [1.807, 2.05) is 19.1 Å². The van der Waals surface area contributed by atoms with E-state index in [0.29, 0.717) is 0 Å². The molecular weight excluding hydrogens is 270 g/mol. The highest BCUT2D eigenvalue weighted by molar-refractivity contribution is 7.98. The number of methoxy groups -OCH3 is 1. The van der Waals surface area contributed by atoms with E-state index in [4.69, 9.17) is 4.74 Å². The molecule has 0 N–H and O–H groups in total. The van der Waals surface area contributed by atoms with Crippen molar-refractivity contribution in [2.75, 3.05) is 7.11 Å². The average Bonchev–Trinajstić information content (AvgIpc) is 2.78. The van der Waals surface area contributed by atoms with Gasteiger partial charge in [-0.05, 0) is 19.9 Å². The number of benzene rings is 1. The lowest BCUT2D eigenvalue weighted by molar-refractivity contribution is 0.411. The molecule has 2 rings (SSSR count). The lowest BCUT2D eigenvalue weighted by Gasteiger charge is -2.09. The largest absolute Gasteiger partial charge is 0.496 e. The summed E-state index contributed by atoms with van der Waals surface area (Å²) in [7, 11) is 1.70. The molecule has 0 aliphatic rings. The zero-order valence-corrected chi connectivity index (χ0v) is 12.9. The van der Waals surface area contributed by atoms with E-state index in [0.717, 1.165) is 29.0 Å². The Bertz CT molecular complexity index is 607. The van der Waals surface area contributed by atoms with Gasteiger partial charge in [0, 0.05) is 17.9 Å². The predicted octanol–water partition coefficient (Wildman–Crippen LogP) is 3.38. The van der Waals surface area contributed by atoms with Gasteiger partial charge in [-0.2, -0.15) is 0 Å². The fourth-order valence-electron chi connectivity index (χ4n) is 1.97. The summed E-state index contributed by atoms with van der Waals surface area (Å²) >= 11 is 1.66. The van der Waals surface area contributed by atoms with Gasteiger partial charge in [-0.25, -0.2) is 0 Å². The average molecular weight is 289 g/mol. The number of hydrogen-bond acceptors (Lipinski definition) is 4. The number of aromatic nitrogens is 3. The minimum Gasteiger partial charge on any atom is -0.496 e. The van der Waals surface area contributed by atoms with Crippen molar-refractivity contribution >= 4 is 11.8 Å². The van der Waals surface area contributed by atoms with Gasteiger partial charge in [0.2, 0.25) is 0 Å². The molecule has 0 aliphatic heterocycles. The number of rotatable bonds is 6. The molecule has 1 heterocycles. The van der Waals surface area contributed by atoms with Gasteiger partial charge in [-0.3, -0.25) is 0 Å². The van der Waals surface area contributed by atoms with Crippen LogP contribution < -0.4 is 4.74 Å². The third kappa shape index (κ3) is 3.22. The number of ether oxygens (including phenoxy) is 1. The molecule has 4 nitrogen and oxygen atoms in total. The first-order chi connectivity index (χ1) is 9.65. The second-order valence-corrected chi connectivity index (χ2v) is 5.48. The molecule has 0 spiro atoms. The van der Waals surface area contributed by atoms with Crippen LogP contribution in [0, 0.1) is 13.8 Å². The molecule has 0 saturated carbocycles. The van der Waals surface area contributed by atoms with Crippen LogP contribution in [0.1, 0.15) is 17.0 Å². The Morgan fingerprint density at radius 2 is 2.15 bits per heavy atom. The van der Waals surface area contributed by atoms with Crippen LogP contribution in [0.15, 0.2) is 36.0 Å². The third-order valence-electron chi connectivity index (χ3n) is 3.01. The zero-order chi connectivity index (χ0) is 14.5. The number of hydrogen-bond donors (Lipinski definition) is 0. The number of allylic oxidation sites excluding steroid dienone is 1. The number of thioether (sulfide) groups is 1. The first-order valence-corrected chi connectivity index (χ1v) is 7.41. The number of nitrogens with zero attached hydrogens (tertiary/aromatic N) is 3. The van der Waals surface area contributed by atoms with Gasteiger partial charge in [-0.1, -0.05) is 35.5 Å². The van der Waals surface area contributed by atoms with Gasteiger partial charge in [0.05, 0.1) is 7.11 Å². The second kappa shape index (κ2) is 6.61. The maximum atomic E-state index is 5.40. The molecule has 0 atom stereocenters. The van der Waals surface area contributed by atoms with Crippen molar-refractivity contribution in [2.45, 2.75) is 31.3 Å². The van der Waals surface area contributed by atoms with E-state index >= 15 is 0 Å². The molecule has 5 heteroatoms. The van der Waals surface area contributed by atoms with E-state index in [1.54, 1.807) is 18.9 Å². The lowest BCUT2D eigenvalue weighted by Crippen LogP contribution is -2.00. The van der Waals surface area contributed by atoms with Crippen molar-refractivity contribution in [3.05, 3.63) is 47.8 Å². The van der Waals surface area contributed by atoms with Crippen LogP contribution in [0.3, 0.4) is 0 Å². The van der Waals surface area contributed by atoms with Gasteiger partial charge in [0.1, 0.15) is 11.6 Å². The first-order valence-electron chi connectivity index (χ1n) is 6.42. The Hall–Kier alpha value is -1.75. The normalized spacial score (nSPS) is 10.6. The fourth-order valence-corrected chi connectivity index (χ4v) is 2.94. The van der Waals surface area contributed by atoms with Crippen LogP contribution in [0.2, 0.25) is 0 Å². The van der Waals surface area contributed by atoms with Crippen molar-refractivity contribution in [3.8, 4) is 5.75 Å². The molecule has 0 amide bonds. The summed E-state index contributed by atoms with van der Waals surface area (Å²) in [5.74, 6) is 2.62. The highest BCUT2D eigenvalue weighted by atomic mass is 32.2. The van der Waals surface area contributed by atoms with E-state index in [1.165, 1.54) is 11.1 Å². The molecule has 2 aromatic rings. The standard InChI is InChI=1S/C15H19N3OS/c1-5-8-18-12(3)16-17-15(18)20-10-13-9-11(2)6-7-14(13)19-4/h5-7,9H,1,8,10H2,2-4H3. The van der Waals surface area contributed by atoms with Crippen LogP contribution in [0.25, 0.3) is 0 Å². The maximum absolute atomic E-state index is 5.40. The highest BCUT2D eigenvalue weighted by Crippen LogP contribution is 2.28. The Kier molecular flexibility index (Phi) is 4.84. The van der Waals surface area contributed by atoms with Gasteiger partial charge in [0.25, 0.3) is 0 Å². The van der Waals surface area contributed by atoms with Crippen molar-refractivity contribution in [1.29, 1.82) is 0 Å². The summed E-state index contributed by atoms with van der Waals surface area (Å²) in [6, 6.07) is 6.20. The number of aryl methyl sites for hydroxylation is 2. The summed E-state index contributed by atoms with van der Waals surface area (Å²) in [5, 5.41) is 9.24. The predicted molar refractivity (Wildman–Crippen MR) is 82.2 cm³/mol. The Labute approximate surface area is 123 Å². The molecule has 0 radical (unpaired) electrons. The molecule has 106 valence electrons. The van der Waals surface area contributed by atoms with Crippen LogP contribution in [-0.4, -0.2) is 21.9 Å². The van der Waals surface area contributed by atoms with Crippen LogP contribution in [0.5, 0.6) is 5.75 Å². The summed E-state index contributed by atoms with van der Waals surface area (Å²) in [4.78, 5) is 0. The smallest absolute Gasteiger partial charge is 0.191 e. The van der Waals surface area contributed by atoms with Crippen molar-refractivity contribution in [3.63, 3.8) is 0 Å². The summed E-state index contributed by atoms with van der Waals surface area (Å²) in [6.07, 6.45) is 1.85. The minimum absolute atomic E-state index is 0.728. The zero-order valence-electron chi connectivity index (χ0n) is 12.1. The molecule has 20 heavy (non-hydrogen) atoms. The fraction of sp³-hybridized carbons (Fsp3) is 0.333. The van der Waals surface area contributed by atoms with Gasteiger partial charge < -0.3 is 9.30 Å². The van der Waals surface area contributed by atoms with E-state index in [2.05, 4.69) is 40.4 Å². The lowest BCUT2D eigenvalue weighted by atomic mass is 10.1. The molecule has 0 fully saturated rings. The molecule has 0 unspecified atom stereocenters. The molecule has 0 saturated heterocycles. The maximum Gasteiger partial charge on any atom is 0.191 e. The summed E-state index contributed by atoms with van der Waals surface area (Å²) in [5.41, 5.74) is 2.40. The minimum atomic E-state index is 0.728. The molecule has 0 aliphatic carbocycles. The summed E-state index contributed by atoms with van der Waals surface area (Å²) < 4.78 is 7.45. The Morgan fingerprint density at radius 1 is 1.35 bits per heavy atom. The van der Waals surface area contributed by atoms with Crippen LogP contribution >= 0.6 is 11.8 Å². The second-order valence-electron chi connectivity index (χ2n) is 4.53. The first kappa shape index (κ1) is 14.7. The summed E-state index contributed by atoms with van der Waals surface area (Å²) in [6.45, 7) is 8.53. The van der Waals surface area contributed by atoms with Crippen molar-refractivity contribution in [1.82, 2.24) is 14.8 Å². The Morgan fingerprint density at radius 3 is 2.85 bits per heavy atom. The van der Waals surface area contributed by atoms with E-state index in [9.17, 15) is 0 Å².